The smallest absolute Gasteiger partial charge is 0.102 e. The molecule has 3 atom stereocenters. The molecule has 74 valence electrons. The summed E-state index contributed by atoms with van der Waals surface area (Å²) >= 11 is 0. The molecule has 1 fully saturated rings. The fourth-order valence-electron chi connectivity index (χ4n) is 1.58. The highest BCUT2D eigenvalue weighted by Crippen LogP contribution is 2.32. The van der Waals surface area contributed by atoms with Crippen molar-refractivity contribution in [2.45, 2.75) is 45.8 Å². The van der Waals surface area contributed by atoms with Crippen LogP contribution in [0.15, 0.2) is 24.3 Å². The molecule has 1 heterocycles. The van der Waals surface area contributed by atoms with E-state index in [1.54, 1.807) is 0 Å². The SMILES string of the molecule is C=C[C@H]1O[C@H]1C(C)CCC=C(C)C. The molecule has 0 spiro atoms. The van der Waals surface area contributed by atoms with E-state index in [-0.39, 0.29) is 0 Å². The van der Waals surface area contributed by atoms with Gasteiger partial charge in [-0.3, -0.25) is 0 Å². The molecule has 13 heavy (non-hydrogen) atoms. The van der Waals surface area contributed by atoms with Crippen LogP contribution in [-0.4, -0.2) is 12.2 Å². The summed E-state index contributed by atoms with van der Waals surface area (Å²) in [5, 5.41) is 0. The number of allylic oxidation sites excluding steroid dienone is 2. The monoisotopic (exact) mass is 180 g/mol. The zero-order valence-electron chi connectivity index (χ0n) is 8.92. The van der Waals surface area contributed by atoms with Gasteiger partial charge in [-0.15, -0.1) is 6.58 Å². The third-order valence-corrected chi connectivity index (χ3v) is 2.53. The minimum atomic E-state index is 0.335. The Morgan fingerprint density at radius 2 is 2.23 bits per heavy atom. The Labute approximate surface area is 81.5 Å². The second-order valence-electron chi connectivity index (χ2n) is 4.14. The van der Waals surface area contributed by atoms with E-state index in [0.29, 0.717) is 18.1 Å². The first-order chi connectivity index (χ1) is 6.15. The fourth-order valence-corrected chi connectivity index (χ4v) is 1.58. The van der Waals surface area contributed by atoms with Crippen LogP contribution in [-0.2, 0) is 4.74 Å². The van der Waals surface area contributed by atoms with E-state index in [1.165, 1.54) is 18.4 Å². The molecule has 0 bridgehead atoms. The van der Waals surface area contributed by atoms with Gasteiger partial charge in [-0.1, -0.05) is 24.6 Å². The summed E-state index contributed by atoms with van der Waals surface area (Å²) in [6, 6.07) is 0. The van der Waals surface area contributed by atoms with Crippen LogP contribution in [0.4, 0.5) is 0 Å². The molecule has 1 rings (SSSR count). The average molecular weight is 180 g/mol. The first-order valence-electron chi connectivity index (χ1n) is 5.06. The van der Waals surface area contributed by atoms with Gasteiger partial charge in [-0.05, 0) is 32.6 Å². The standard InChI is InChI=1S/C12H20O/c1-5-11-12(13-11)10(4)8-6-7-9(2)3/h5,7,10-12H,1,6,8H2,2-4H3/t10?,11-,12+/m1/s1. The van der Waals surface area contributed by atoms with Gasteiger partial charge in [0.05, 0.1) is 6.10 Å². The topological polar surface area (TPSA) is 12.5 Å². The average Bonchev–Trinajstić information content (AvgIpc) is 2.81. The Bertz CT molecular complexity index is 201. The molecule has 0 aromatic rings. The molecule has 0 aromatic carbocycles. The second-order valence-corrected chi connectivity index (χ2v) is 4.14. The quantitative estimate of drug-likeness (QED) is 0.467. The molecule has 1 nitrogen and oxygen atoms in total. The lowest BCUT2D eigenvalue weighted by Gasteiger charge is -2.05. The summed E-state index contributed by atoms with van der Waals surface area (Å²) < 4.78 is 5.45. The summed E-state index contributed by atoms with van der Waals surface area (Å²) in [6.07, 6.45) is 7.38. The minimum Gasteiger partial charge on any atom is -0.365 e. The van der Waals surface area contributed by atoms with Crippen LogP contribution in [0.25, 0.3) is 0 Å². The maximum atomic E-state index is 5.45. The third-order valence-electron chi connectivity index (χ3n) is 2.53. The first-order valence-corrected chi connectivity index (χ1v) is 5.06. The van der Waals surface area contributed by atoms with Crippen molar-refractivity contribution in [1.82, 2.24) is 0 Å². The minimum absolute atomic E-state index is 0.335. The van der Waals surface area contributed by atoms with E-state index in [0.717, 1.165) is 0 Å². The van der Waals surface area contributed by atoms with Crippen LogP contribution in [0.3, 0.4) is 0 Å². The predicted molar refractivity (Wildman–Crippen MR) is 56.7 cm³/mol. The Hall–Kier alpha value is -0.560. The van der Waals surface area contributed by atoms with E-state index < -0.39 is 0 Å². The largest absolute Gasteiger partial charge is 0.365 e. The molecule has 0 aliphatic carbocycles. The van der Waals surface area contributed by atoms with Gasteiger partial charge in [0.2, 0.25) is 0 Å². The molecule has 1 aliphatic rings. The molecule has 0 amide bonds. The molecule has 0 aromatic heterocycles. The van der Waals surface area contributed by atoms with Crippen LogP contribution >= 0.6 is 0 Å². The lowest BCUT2D eigenvalue weighted by atomic mass is 9.99. The highest BCUT2D eigenvalue weighted by molar-refractivity contribution is 5.01. The molecular weight excluding hydrogens is 160 g/mol. The van der Waals surface area contributed by atoms with E-state index in [4.69, 9.17) is 4.74 Å². The van der Waals surface area contributed by atoms with Crippen molar-refractivity contribution in [3.05, 3.63) is 24.3 Å². The zero-order valence-corrected chi connectivity index (χ0v) is 8.92. The summed E-state index contributed by atoms with van der Waals surface area (Å²) in [6.45, 7) is 10.3. The van der Waals surface area contributed by atoms with Crippen molar-refractivity contribution in [1.29, 1.82) is 0 Å². The fraction of sp³-hybridized carbons (Fsp3) is 0.667. The van der Waals surface area contributed by atoms with Gasteiger partial charge in [0.25, 0.3) is 0 Å². The normalized spacial score (nSPS) is 27.9. The van der Waals surface area contributed by atoms with Crippen molar-refractivity contribution in [3.8, 4) is 0 Å². The van der Waals surface area contributed by atoms with Crippen molar-refractivity contribution < 1.29 is 4.74 Å². The highest BCUT2D eigenvalue weighted by Gasteiger charge is 2.39. The molecular formula is C12H20O. The zero-order chi connectivity index (χ0) is 9.84. The molecule has 1 saturated heterocycles. The van der Waals surface area contributed by atoms with Gasteiger partial charge in [0, 0.05) is 0 Å². The Morgan fingerprint density at radius 3 is 2.69 bits per heavy atom. The molecule has 0 N–H and O–H groups in total. The number of rotatable bonds is 5. The molecule has 0 saturated carbocycles. The van der Waals surface area contributed by atoms with Crippen LogP contribution in [0.2, 0.25) is 0 Å². The lowest BCUT2D eigenvalue weighted by molar-refractivity contribution is 0.325. The Kier molecular flexibility index (Phi) is 3.73. The first kappa shape index (κ1) is 10.5. The van der Waals surface area contributed by atoms with Gasteiger partial charge in [0.15, 0.2) is 0 Å². The van der Waals surface area contributed by atoms with E-state index in [9.17, 15) is 0 Å². The van der Waals surface area contributed by atoms with Gasteiger partial charge >= 0.3 is 0 Å². The van der Waals surface area contributed by atoms with E-state index in [2.05, 4.69) is 33.4 Å². The van der Waals surface area contributed by atoms with Crippen molar-refractivity contribution >= 4 is 0 Å². The highest BCUT2D eigenvalue weighted by atomic mass is 16.6. The van der Waals surface area contributed by atoms with Crippen LogP contribution in [0, 0.1) is 5.92 Å². The summed E-state index contributed by atoms with van der Waals surface area (Å²) in [4.78, 5) is 0. The Balaban J connectivity index is 2.16. The number of hydrogen-bond acceptors (Lipinski definition) is 1. The molecule has 0 radical (unpaired) electrons. The number of hydrogen-bond donors (Lipinski definition) is 0. The van der Waals surface area contributed by atoms with Crippen molar-refractivity contribution in [3.63, 3.8) is 0 Å². The van der Waals surface area contributed by atoms with E-state index in [1.807, 2.05) is 6.08 Å². The summed E-state index contributed by atoms with van der Waals surface area (Å²) in [7, 11) is 0. The summed E-state index contributed by atoms with van der Waals surface area (Å²) in [5.41, 5.74) is 1.41. The number of epoxide rings is 1. The van der Waals surface area contributed by atoms with Crippen LogP contribution < -0.4 is 0 Å². The van der Waals surface area contributed by atoms with Gasteiger partial charge in [-0.2, -0.15) is 0 Å². The maximum Gasteiger partial charge on any atom is 0.102 e. The van der Waals surface area contributed by atoms with E-state index >= 15 is 0 Å². The molecule has 1 aliphatic heterocycles. The predicted octanol–water partition coefficient (Wildman–Crippen LogP) is 3.32. The van der Waals surface area contributed by atoms with Crippen LogP contribution in [0.5, 0.6) is 0 Å². The lowest BCUT2D eigenvalue weighted by Crippen LogP contribution is -2.05. The third kappa shape index (κ3) is 3.35. The van der Waals surface area contributed by atoms with Gasteiger partial charge in [0.1, 0.15) is 6.10 Å². The van der Waals surface area contributed by atoms with Gasteiger partial charge < -0.3 is 4.74 Å². The van der Waals surface area contributed by atoms with Crippen molar-refractivity contribution in [2.75, 3.05) is 0 Å². The number of ether oxygens (including phenoxy) is 1. The van der Waals surface area contributed by atoms with Crippen molar-refractivity contribution in [2.24, 2.45) is 5.92 Å². The molecule has 1 heteroatoms. The second kappa shape index (κ2) is 4.61. The maximum absolute atomic E-state index is 5.45. The summed E-state index contributed by atoms with van der Waals surface area (Å²) in [5.74, 6) is 0.665. The molecule has 1 unspecified atom stereocenters. The Morgan fingerprint density at radius 1 is 1.54 bits per heavy atom. The van der Waals surface area contributed by atoms with Crippen LogP contribution in [0.1, 0.15) is 33.6 Å². The van der Waals surface area contributed by atoms with Gasteiger partial charge in [-0.25, -0.2) is 0 Å².